The zero-order valence-corrected chi connectivity index (χ0v) is 9.65. The van der Waals surface area contributed by atoms with Gasteiger partial charge in [-0.1, -0.05) is 24.3 Å². The Kier molecular flexibility index (Phi) is 2.80. The second-order valence-electron chi connectivity index (χ2n) is 3.76. The van der Waals surface area contributed by atoms with Gasteiger partial charge in [0.2, 0.25) is 0 Å². The van der Waals surface area contributed by atoms with Crippen molar-refractivity contribution in [2.45, 2.75) is 6.92 Å². The van der Waals surface area contributed by atoms with Crippen LogP contribution in [0.1, 0.15) is 21.5 Å². The van der Waals surface area contributed by atoms with Crippen LogP contribution < -0.4 is 0 Å². The predicted octanol–water partition coefficient (Wildman–Crippen LogP) is 2.81. The molecule has 0 saturated heterocycles. The number of methoxy groups -OCH3 is 1. The van der Waals surface area contributed by atoms with Crippen molar-refractivity contribution in [1.82, 2.24) is 0 Å². The van der Waals surface area contributed by atoms with Gasteiger partial charge < -0.3 is 4.74 Å². The number of carbonyl (C=O) groups excluding carboxylic acids is 1. The molecule has 2 aromatic rings. The Bertz CT molecular complexity index is 638. The van der Waals surface area contributed by atoms with Gasteiger partial charge in [0.1, 0.15) is 0 Å². The molecule has 0 fully saturated rings. The fourth-order valence-electron chi connectivity index (χ4n) is 1.98. The molecule has 84 valence electrons. The molecule has 0 amide bonds. The van der Waals surface area contributed by atoms with E-state index in [0.717, 1.165) is 16.3 Å². The third kappa shape index (κ3) is 1.74. The Morgan fingerprint density at radius 1 is 1.29 bits per heavy atom. The normalized spacial score (nSPS) is 9.94. The van der Waals surface area contributed by atoms with Crippen LogP contribution in [0.3, 0.4) is 0 Å². The summed E-state index contributed by atoms with van der Waals surface area (Å²) >= 11 is 0. The summed E-state index contributed by atoms with van der Waals surface area (Å²) in [5.41, 5.74) is 1.86. The van der Waals surface area contributed by atoms with Gasteiger partial charge in [-0.3, -0.25) is 0 Å². The Labute approximate surface area is 99.2 Å². The minimum atomic E-state index is -0.372. The van der Waals surface area contributed by atoms with Crippen LogP contribution in [-0.2, 0) is 4.74 Å². The van der Waals surface area contributed by atoms with Gasteiger partial charge in [0.25, 0.3) is 0 Å². The van der Waals surface area contributed by atoms with Crippen LogP contribution >= 0.6 is 0 Å². The topological polar surface area (TPSA) is 50.1 Å². The van der Waals surface area contributed by atoms with Gasteiger partial charge >= 0.3 is 5.97 Å². The average Bonchev–Trinajstić information content (AvgIpc) is 2.37. The largest absolute Gasteiger partial charge is 0.465 e. The second-order valence-corrected chi connectivity index (χ2v) is 3.76. The number of carbonyl (C=O) groups is 1. The van der Waals surface area contributed by atoms with E-state index in [2.05, 4.69) is 6.07 Å². The lowest BCUT2D eigenvalue weighted by molar-refractivity contribution is 0.0602. The minimum Gasteiger partial charge on any atom is -0.465 e. The highest BCUT2D eigenvalue weighted by molar-refractivity contribution is 6.07. The lowest BCUT2D eigenvalue weighted by Gasteiger charge is -2.09. The number of nitrogens with zero attached hydrogens (tertiary/aromatic N) is 1. The highest BCUT2D eigenvalue weighted by Gasteiger charge is 2.15. The number of hydrogen-bond acceptors (Lipinski definition) is 3. The summed E-state index contributed by atoms with van der Waals surface area (Å²) in [5, 5.41) is 10.6. The smallest absolute Gasteiger partial charge is 0.338 e. The van der Waals surface area contributed by atoms with E-state index < -0.39 is 0 Å². The number of esters is 1. The maximum Gasteiger partial charge on any atom is 0.338 e. The summed E-state index contributed by atoms with van der Waals surface area (Å²) in [6.07, 6.45) is 0. The molecular formula is C14H11NO2. The fraction of sp³-hybridized carbons (Fsp3) is 0.143. The van der Waals surface area contributed by atoms with Gasteiger partial charge in [-0.05, 0) is 23.9 Å². The molecule has 0 aliphatic heterocycles. The molecule has 0 saturated carbocycles. The molecule has 0 atom stereocenters. The molecule has 0 aliphatic rings. The molecular weight excluding hydrogens is 214 g/mol. The van der Waals surface area contributed by atoms with E-state index in [1.165, 1.54) is 7.11 Å². The summed E-state index contributed by atoms with van der Waals surface area (Å²) < 4.78 is 4.78. The third-order valence-electron chi connectivity index (χ3n) is 2.75. The van der Waals surface area contributed by atoms with Crippen LogP contribution in [0.25, 0.3) is 10.8 Å². The Hall–Kier alpha value is -2.34. The molecule has 0 spiro atoms. The van der Waals surface area contributed by atoms with E-state index in [4.69, 9.17) is 10.00 Å². The second kappa shape index (κ2) is 4.26. The van der Waals surface area contributed by atoms with Crippen molar-refractivity contribution in [3.63, 3.8) is 0 Å². The first kappa shape index (κ1) is 11.2. The number of fused-ring (bicyclic) bond motifs is 1. The van der Waals surface area contributed by atoms with E-state index in [1.807, 2.05) is 24.3 Å². The van der Waals surface area contributed by atoms with E-state index in [-0.39, 0.29) is 5.97 Å². The first-order valence-electron chi connectivity index (χ1n) is 5.19. The first-order chi connectivity index (χ1) is 8.19. The average molecular weight is 225 g/mol. The quantitative estimate of drug-likeness (QED) is 0.701. The van der Waals surface area contributed by atoms with Crippen molar-refractivity contribution in [3.05, 3.63) is 47.0 Å². The van der Waals surface area contributed by atoms with Crippen LogP contribution in [0.4, 0.5) is 0 Å². The SMILES string of the molecule is COC(=O)c1c(C)cc(C#N)c2ccccc12. The van der Waals surface area contributed by atoms with Crippen molar-refractivity contribution in [2.24, 2.45) is 0 Å². The van der Waals surface area contributed by atoms with Gasteiger partial charge in [0, 0.05) is 5.39 Å². The molecule has 0 heterocycles. The Balaban J connectivity index is 2.91. The molecule has 0 aliphatic carbocycles. The van der Waals surface area contributed by atoms with Gasteiger partial charge in [0.05, 0.1) is 24.3 Å². The van der Waals surface area contributed by atoms with Gasteiger partial charge in [0.15, 0.2) is 0 Å². The highest BCUT2D eigenvalue weighted by atomic mass is 16.5. The van der Waals surface area contributed by atoms with Gasteiger partial charge in [-0.15, -0.1) is 0 Å². The molecule has 0 N–H and O–H groups in total. The van der Waals surface area contributed by atoms with Crippen LogP contribution in [0, 0.1) is 18.3 Å². The maximum atomic E-state index is 11.7. The molecule has 2 aromatic carbocycles. The summed E-state index contributed by atoms with van der Waals surface area (Å²) in [6, 6.07) is 11.2. The maximum absolute atomic E-state index is 11.7. The summed E-state index contributed by atoms with van der Waals surface area (Å²) in [4.78, 5) is 11.7. The molecule has 3 nitrogen and oxygen atoms in total. The highest BCUT2D eigenvalue weighted by Crippen LogP contribution is 2.26. The number of hydrogen-bond donors (Lipinski definition) is 0. The van der Waals surface area contributed by atoms with E-state index >= 15 is 0 Å². The summed E-state index contributed by atoms with van der Waals surface area (Å²) in [6.45, 7) is 1.81. The molecule has 2 rings (SSSR count). The van der Waals surface area contributed by atoms with Crippen LogP contribution in [0.15, 0.2) is 30.3 Å². The number of benzene rings is 2. The third-order valence-corrected chi connectivity index (χ3v) is 2.75. The first-order valence-corrected chi connectivity index (χ1v) is 5.19. The molecule has 0 bridgehead atoms. The number of ether oxygens (including phenoxy) is 1. The minimum absolute atomic E-state index is 0.372. The van der Waals surface area contributed by atoms with Crippen molar-refractivity contribution in [2.75, 3.05) is 7.11 Å². The monoisotopic (exact) mass is 225 g/mol. The van der Waals surface area contributed by atoms with E-state index in [0.29, 0.717) is 11.1 Å². The molecule has 0 unspecified atom stereocenters. The molecule has 0 aromatic heterocycles. The number of nitriles is 1. The van der Waals surface area contributed by atoms with E-state index in [9.17, 15) is 4.79 Å². The van der Waals surface area contributed by atoms with Crippen molar-refractivity contribution >= 4 is 16.7 Å². The van der Waals surface area contributed by atoms with Crippen LogP contribution in [0.5, 0.6) is 0 Å². The fourth-order valence-corrected chi connectivity index (χ4v) is 1.98. The lowest BCUT2D eigenvalue weighted by Crippen LogP contribution is -2.05. The molecule has 17 heavy (non-hydrogen) atoms. The molecule has 0 radical (unpaired) electrons. The van der Waals surface area contributed by atoms with Crippen LogP contribution in [-0.4, -0.2) is 13.1 Å². The Morgan fingerprint density at radius 2 is 1.94 bits per heavy atom. The zero-order chi connectivity index (χ0) is 12.4. The van der Waals surface area contributed by atoms with Gasteiger partial charge in [-0.25, -0.2) is 4.79 Å². The zero-order valence-electron chi connectivity index (χ0n) is 9.65. The summed E-state index contributed by atoms with van der Waals surface area (Å²) in [5.74, 6) is -0.372. The van der Waals surface area contributed by atoms with Crippen LogP contribution in [0.2, 0.25) is 0 Å². The van der Waals surface area contributed by atoms with Crippen molar-refractivity contribution in [1.29, 1.82) is 5.26 Å². The van der Waals surface area contributed by atoms with E-state index in [1.54, 1.807) is 13.0 Å². The Morgan fingerprint density at radius 3 is 2.53 bits per heavy atom. The van der Waals surface area contributed by atoms with Gasteiger partial charge in [-0.2, -0.15) is 5.26 Å². The molecule has 3 heteroatoms. The van der Waals surface area contributed by atoms with Crippen molar-refractivity contribution in [3.8, 4) is 6.07 Å². The van der Waals surface area contributed by atoms with Crippen molar-refractivity contribution < 1.29 is 9.53 Å². The number of aryl methyl sites for hydroxylation is 1. The lowest BCUT2D eigenvalue weighted by atomic mass is 9.96. The standard InChI is InChI=1S/C14H11NO2/c1-9-7-10(8-15)11-5-3-4-6-12(11)13(9)14(16)17-2/h3-7H,1-2H3. The predicted molar refractivity (Wildman–Crippen MR) is 64.7 cm³/mol. The number of rotatable bonds is 1. The summed E-state index contributed by atoms with van der Waals surface area (Å²) in [7, 11) is 1.36.